The zero-order chi connectivity index (χ0) is 31.7. The van der Waals surface area contributed by atoms with Crippen LogP contribution in [0.4, 0.5) is 0 Å². The average Bonchev–Trinajstić information content (AvgIpc) is 3.06. The molecule has 2 saturated heterocycles. The normalized spacial score (nSPS) is 15.4. The minimum Gasteiger partial charge on any atom is -0.390 e. The van der Waals surface area contributed by atoms with Gasteiger partial charge < -0.3 is 9.84 Å². The molecule has 4 aromatic carbocycles. The molecule has 2 aliphatic rings. The Bertz CT molecular complexity index is 1220. The van der Waals surface area contributed by atoms with Gasteiger partial charge in [0.1, 0.15) is 0 Å². The topological polar surface area (TPSA) is 35.9 Å². The summed E-state index contributed by atoms with van der Waals surface area (Å²) >= 11 is 5.30. The van der Waals surface area contributed by atoms with Gasteiger partial charge in [-0.15, -0.1) is 11.6 Å². The number of hydrogen-bond acceptors (Lipinski definition) is 4. The highest BCUT2D eigenvalue weighted by Gasteiger charge is 2.34. The molecule has 0 spiro atoms. The van der Waals surface area contributed by atoms with Crippen LogP contribution in [0.5, 0.6) is 0 Å². The fraction of sp³-hybridized carbons (Fsp3) is 0.400. The van der Waals surface area contributed by atoms with E-state index < -0.39 is 0 Å². The Morgan fingerprint density at radius 1 is 0.600 bits per heavy atom. The van der Waals surface area contributed by atoms with E-state index in [0.717, 1.165) is 51.5 Å². The largest absolute Gasteiger partial charge is 0.390 e. The highest BCUT2D eigenvalue weighted by Crippen LogP contribution is 2.33. The Hall–Kier alpha value is -2.99. The van der Waals surface area contributed by atoms with Gasteiger partial charge in [-0.3, -0.25) is 9.80 Å². The van der Waals surface area contributed by atoms with Crippen LogP contribution in [0.3, 0.4) is 0 Å². The fourth-order valence-electron chi connectivity index (χ4n) is 5.78. The van der Waals surface area contributed by atoms with Crippen LogP contribution < -0.4 is 0 Å². The zero-order valence-electron chi connectivity index (χ0n) is 27.1. The van der Waals surface area contributed by atoms with Crippen molar-refractivity contribution in [3.8, 4) is 0 Å². The van der Waals surface area contributed by atoms with Crippen molar-refractivity contribution in [3.05, 3.63) is 144 Å². The summed E-state index contributed by atoms with van der Waals surface area (Å²) < 4.78 is 5.93. The first-order valence-electron chi connectivity index (χ1n) is 16.7. The summed E-state index contributed by atoms with van der Waals surface area (Å²) in [5, 5.41) is 9.52. The number of hydrogen-bond donors (Lipinski definition) is 1. The first-order valence-corrected chi connectivity index (χ1v) is 17.2. The van der Waals surface area contributed by atoms with Crippen LogP contribution in [0.2, 0.25) is 0 Å². The Labute approximate surface area is 276 Å². The highest BCUT2D eigenvalue weighted by atomic mass is 35.5. The number of nitrogens with zero attached hydrogens (tertiary/aromatic N) is 2. The van der Waals surface area contributed by atoms with Crippen LogP contribution in [0.15, 0.2) is 121 Å². The van der Waals surface area contributed by atoms with Gasteiger partial charge in [-0.2, -0.15) is 0 Å². The maximum atomic E-state index is 9.52. The van der Waals surface area contributed by atoms with Crippen LogP contribution in [-0.4, -0.2) is 65.8 Å². The molecule has 2 heterocycles. The second-order valence-corrected chi connectivity index (χ2v) is 12.3. The van der Waals surface area contributed by atoms with E-state index in [0.29, 0.717) is 12.1 Å². The number of likely N-dealkylation sites (tertiary alicyclic amines) is 2. The molecule has 6 rings (SSSR count). The molecule has 240 valence electrons. The van der Waals surface area contributed by atoms with Crippen molar-refractivity contribution < 1.29 is 9.84 Å². The van der Waals surface area contributed by atoms with E-state index in [-0.39, 0.29) is 12.1 Å². The Morgan fingerprint density at radius 3 is 1.24 bits per heavy atom. The summed E-state index contributed by atoms with van der Waals surface area (Å²) in [6.45, 7) is 8.80. The standard InChI is InChI=1S/C20H25NO.C16H17NO.C4H9Cl/c1-2-3-14-22-19-15-21(16-19)20(17-10-6-4-7-11-17)18-12-8-5-9-13-18;18-15-11-17(12-15)16(13-7-3-1-4-8-13)14-9-5-2-6-10-14;1-2-3-4-5/h4-13,19-20H,2-3,14-16H2,1H3;1-10,15-16,18H,11-12H2;2-4H2,1H3. The predicted molar refractivity (Wildman–Crippen MR) is 189 cm³/mol. The molecular weight excluding hydrogens is 576 g/mol. The highest BCUT2D eigenvalue weighted by molar-refractivity contribution is 6.17. The molecule has 5 heteroatoms. The molecule has 4 nitrogen and oxygen atoms in total. The number of aliphatic hydroxyl groups is 1. The Kier molecular flexibility index (Phi) is 15.1. The van der Waals surface area contributed by atoms with Gasteiger partial charge in [-0.1, -0.05) is 148 Å². The monoisotopic (exact) mass is 626 g/mol. The second-order valence-electron chi connectivity index (χ2n) is 11.9. The van der Waals surface area contributed by atoms with Crippen LogP contribution in [0, 0.1) is 0 Å². The maximum absolute atomic E-state index is 9.52. The number of unbranched alkanes of at least 4 members (excludes halogenated alkanes) is 2. The van der Waals surface area contributed by atoms with Gasteiger partial charge in [0, 0.05) is 38.7 Å². The predicted octanol–water partition coefficient (Wildman–Crippen LogP) is 8.75. The van der Waals surface area contributed by atoms with E-state index >= 15 is 0 Å². The van der Waals surface area contributed by atoms with Gasteiger partial charge in [0.25, 0.3) is 0 Å². The fourth-order valence-corrected chi connectivity index (χ4v) is 6.05. The number of β-amino-alcohol motifs (C(OH)–C–C–N with tert-alkyl or cyclic N) is 1. The lowest BCUT2D eigenvalue weighted by molar-refractivity contribution is -0.0670. The summed E-state index contributed by atoms with van der Waals surface area (Å²) in [6, 6.07) is 43.1. The van der Waals surface area contributed by atoms with Crippen molar-refractivity contribution in [2.24, 2.45) is 0 Å². The first-order chi connectivity index (χ1) is 22.1. The molecule has 2 aliphatic heterocycles. The molecular formula is C40H51ClN2O2. The molecule has 1 N–H and O–H groups in total. The van der Waals surface area contributed by atoms with Crippen LogP contribution in [0.25, 0.3) is 0 Å². The van der Waals surface area contributed by atoms with Crippen molar-refractivity contribution in [2.45, 2.75) is 63.8 Å². The average molecular weight is 627 g/mol. The van der Waals surface area contributed by atoms with Crippen molar-refractivity contribution in [3.63, 3.8) is 0 Å². The van der Waals surface area contributed by atoms with Crippen molar-refractivity contribution >= 4 is 11.6 Å². The number of rotatable bonds is 12. The minimum atomic E-state index is -0.167. The summed E-state index contributed by atoms with van der Waals surface area (Å²) in [5.74, 6) is 0.816. The van der Waals surface area contributed by atoms with Gasteiger partial charge in [-0.05, 0) is 35.1 Å². The van der Waals surface area contributed by atoms with E-state index in [1.807, 2.05) is 12.1 Å². The lowest BCUT2D eigenvalue weighted by Crippen LogP contribution is -2.53. The third kappa shape index (κ3) is 10.8. The van der Waals surface area contributed by atoms with E-state index in [1.54, 1.807) is 0 Å². The zero-order valence-corrected chi connectivity index (χ0v) is 27.8. The van der Waals surface area contributed by atoms with E-state index in [1.165, 1.54) is 35.1 Å². The third-order valence-electron chi connectivity index (χ3n) is 8.30. The quantitative estimate of drug-likeness (QED) is 0.126. The summed E-state index contributed by atoms with van der Waals surface area (Å²) in [4.78, 5) is 4.83. The van der Waals surface area contributed by atoms with Crippen LogP contribution in [-0.2, 0) is 4.74 Å². The number of alkyl halides is 1. The molecule has 45 heavy (non-hydrogen) atoms. The molecule has 0 aliphatic carbocycles. The first kappa shape index (κ1) is 34.9. The van der Waals surface area contributed by atoms with Gasteiger partial charge >= 0.3 is 0 Å². The van der Waals surface area contributed by atoms with Crippen LogP contribution in [0.1, 0.15) is 73.9 Å². The molecule has 0 bridgehead atoms. The van der Waals surface area contributed by atoms with Crippen molar-refractivity contribution in [1.29, 1.82) is 0 Å². The summed E-state index contributed by atoms with van der Waals surface area (Å²) in [5.41, 5.74) is 5.30. The summed E-state index contributed by atoms with van der Waals surface area (Å²) in [6.07, 6.45) is 4.97. The molecule has 2 fully saturated rings. The summed E-state index contributed by atoms with van der Waals surface area (Å²) in [7, 11) is 0. The molecule has 0 saturated carbocycles. The maximum Gasteiger partial charge on any atom is 0.0829 e. The number of aliphatic hydroxyl groups excluding tert-OH is 1. The Morgan fingerprint density at radius 2 is 0.956 bits per heavy atom. The molecule has 0 aromatic heterocycles. The molecule has 0 atom stereocenters. The smallest absolute Gasteiger partial charge is 0.0829 e. The van der Waals surface area contributed by atoms with Crippen LogP contribution >= 0.6 is 11.6 Å². The molecule has 0 unspecified atom stereocenters. The molecule has 0 amide bonds. The van der Waals surface area contributed by atoms with Gasteiger partial charge in [-0.25, -0.2) is 0 Å². The van der Waals surface area contributed by atoms with E-state index in [9.17, 15) is 5.11 Å². The molecule has 0 radical (unpaired) electrons. The number of halogens is 1. The third-order valence-corrected chi connectivity index (χ3v) is 8.56. The van der Waals surface area contributed by atoms with Crippen molar-refractivity contribution in [2.75, 3.05) is 38.7 Å². The van der Waals surface area contributed by atoms with Gasteiger partial charge in [0.2, 0.25) is 0 Å². The number of benzene rings is 4. The lowest BCUT2D eigenvalue weighted by atomic mass is 9.94. The van der Waals surface area contributed by atoms with E-state index in [4.69, 9.17) is 16.3 Å². The van der Waals surface area contributed by atoms with E-state index in [2.05, 4.69) is 133 Å². The number of ether oxygens (including phenoxy) is 1. The lowest BCUT2D eigenvalue weighted by Gasteiger charge is -2.44. The Balaban J connectivity index is 0.000000181. The van der Waals surface area contributed by atoms with Gasteiger partial charge in [0.15, 0.2) is 0 Å². The molecule has 4 aromatic rings. The van der Waals surface area contributed by atoms with Crippen molar-refractivity contribution in [1.82, 2.24) is 9.80 Å². The second kappa shape index (κ2) is 19.5. The SMILES string of the molecule is CCCCCl.CCCCOC1CN(C(c2ccccc2)c2ccccc2)C1.OC1CN(C(c2ccccc2)c2ccccc2)C1. The minimum absolute atomic E-state index is 0.167. The van der Waals surface area contributed by atoms with Gasteiger partial charge in [0.05, 0.1) is 24.3 Å².